The molecule has 2 aliphatic heterocycles. The van der Waals surface area contributed by atoms with Gasteiger partial charge in [-0.3, -0.25) is 4.90 Å². The molecule has 3 rings (SSSR count). The van der Waals surface area contributed by atoms with Gasteiger partial charge in [-0.05, 0) is 44.8 Å². The van der Waals surface area contributed by atoms with Gasteiger partial charge in [0.2, 0.25) is 5.88 Å². The molecule has 0 aliphatic carbocycles. The molecule has 3 heterocycles. The van der Waals surface area contributed by atoms with E-state index < -0.39 is 15.1 Å². The first-order valence-electron chi connectivity index (χ1n) is 8.88. The minimum absolute atomic E-state index is 0.0559. The van der Waals surface area contributed by atoms with E-state index in [9.17, 15) is 19.4 Å². The number of pyridine rings is 1. The summed E-state index contributed by atoms with van der Waals surface area (Å²) >= 11 is 0. The zero-order valence-corrected chi connectivity index (χ0v) is 17.0. The molecular weight excluding hydrogens is 391 g/mol. The molecule has 1 aromatic rings. The lowest BCUT2D eigenvalue weighted by molar-refractivity contribution is 0.0655. The fourth-order valence-electron chi connectivity index (χ4n) is 3.45. The monoisotopic (exact) mass is 420 g/mol. The third-order valence-electron chi connectivity index (χ3n) is 4.59. The Morgan fingerprint density at radius 2 is 1.59 bits per heavy atom. The van der Waals surface area contributed by atoms with Gasteiger partial charge in [-0.15, -0.1) is 0 Å². The zero-order valence-electron chi connectivity index (χ0n) is 16.2. The van der Waals surface area contributed by atoms with E-state index in [-0.39, 0.29) is 18.1 Å². The number of hydrogen-bond donors (Lipinski definition) is 0. The molecule has 0 saturated carbocycles. The molecule has 27 heavy (non-hydrogen) atoms. The predicted octanol–water partition coefficient (Wildman–Crippen LogP) is 6.04. The van der Waals surface area contributed by atoms with Crippen molar-refractivity contribution in [1.29, 1.82) is 0 Å². The highest BCUT2D eigenvalue weighted by Crippen LogP contribution is 3.02. The van der Waals surface area contributed by atoms with Crippen molar-refractivity contribution in [3.63, 3.8) is 0 Å². The van der Waals surface area contributed by atoms with Gasteiger partial charge in [0.05, 0.1) is 19.9 Å². The number of aromatic nitrogens is 1. The summed E-state index contributed by atoms with van der Waals surface area (Å²) in [6, 6.07) is 0.973. The number of hydrogen-bond acceptors (Lipinski definition) is 4. The van der Waals surface area contributed by atoms with Crippen molar-refractivity contribution in [1.82, 2.24) is 9.88 Å². The van der Waals surface area contributed by atoms with Crippen LogP contribution >= 0.6 is 10.2 Å². The van der Waals surface area contributed by atoms with E-state index in [0.29, 0.717) is 5.54 Å². The molecule has 2 saturated heterocycles. The Morgan fingerprint density at radius 1 is 1.04 bits per heavy atom. The van der Waals surface area contributed by atoms with Crippen LogP contribution in [0.4, 0.5) is 19.4 Å². The molecule has 0 spiro atoms. The number of ether oxygens (including phenoxy) is 2. The average molecular weight is 420 g/mol. The van der Waals surface area contributed by atoms with E-state index in [1.165, 1.54) is 45.9 Å². The van der Waals surface area contributed by atoms with Gasteiger partial charge in [0.1, 0.15) is 4.90 Å². The molecule has 0 unspecified atom stereocenters. The zero-order chi connectivity index (χ0) is 20.8. The molecular formula is C17H29F5N2O2S. The lowest BCUT2D eigenvalue weighted by atomic mass is 9.95. The Bertz CT molecular complexity index is 585. The van der Waals surface area contributed by atoms with E-state index in [1.54, 1.807) is 0 Å². The van der Waals surface area contributed by atoms with Crippen LogP contribution in [0, 0.1) is 0 Å². The largest absolute Gasteiger partial charge is 0.481 e. The fraction of sp³-hybridized carbons (Fsp3) is 0.706. The van der Waals surface area contributed by atoms with Crippen molar-refractivity contribution in [3.05, 3.63) is 18.3 Å². The highest BCUT2D eigenvalue weighted by atomic mass is 32.5. The minimum Gasteiger partial charge on any atom is -0.481 e. The summed E-state index contributed by atoms with van der Waals surface area (Å²) in [5.74, 6) is -0.157. The van der Waals surface area contributed by atoms with Crippen molar-refractivity contribution < 1.29 is 28.9 Å². The molecule has 2 fully saturated rings. The molecule has 1 aromatic heterocycles. The lowest BCUT2D eigenvalue weighted by Crippen LogP contribution is -2.42. The second-order valence-corrected chi connectivity index (χ2v) is 8.77. The maximum atomic E-state index is 12.1. The second kappa shape index (κ2) is 8.08. The Balaban J connectivity index is 0.000000252. The van der Waals surface area contributed by atoms with Gasteiger partial charge >= 0.3 is 10.2 Å². The molecule has 160 valence electrons. The average Bonchev–Trinajstić information content (AvgIpc) is 3.15. The summed E-state index contributed by atoms with van der Waals surface area (Å²) in [6.45, 7) is 7.57. The summed E-state index contributed by atoms with van der Waals surface area (Å²) in [7, 11) is -6.59. The van der Waals surface area contributed by atoms with Crippen LogP contribution < -0.4 is 4.74 Å². The van der Waals surface area contributed by atoms with Crippen molar-refractivity contribution in [2.45, 2.75) is 50.0 Å². The smallest absolute Gasteiger partial charge is 0.311 e. The van der Waals surface area contributed by atoms with Gasteiger partial charge < -0.3 is 9.47 Å². The molecule has 0 atom stereocenters. The van der Waals surface area contributed by atoms with Crippen LogP contribution in [0.15, 0.2) is 23.2 Å². The molecule has 0 amide bonds. The van der Waals surface area contributed by atoms with Gasteiger partial charge in [0.15, 0.2) is 0 Å². The summed E-state index contributed by atoms with van der Waals surface area (Å²) in [6.07, 6.45) is 5.54. The fourth-order valence-corrected chi connectivity index (χ4v) is 4.02. The van der Waals surface area contributed by atoms with Crippen molar-refractivity contribution in [2.24, 2.45) is 0 Å². The number of fused-ring (bicyclic) bond motifs is 1. The summed E-state index contributed by atoms with van der Waals surface area (Å²) in [5.41, 5.74) is 0.467. The summed E-state index contributed by atoms with van der Waals surface area (Å²) < 4.78 is 70.2. The van der Waals surface area contributed by atoms with Crippen LogP contribution in [0.25, 0.3) is 0 Å². The predicted molar refractivity (Wildman–Crippen MR) is 98.2 cm³/mol. The van der Waals surface area contributed by atoms with Crippen LogP contribution in [0.2, 0.25) is 0 Å². The van der Waals surface area contributed by atoms with Crippen LogP contribution in [-0.2, 0) is 4.74 Å². The van der Waals surface area contributed by atoms with E-state index in [4.69, 9.17) is 4.74 Å². The van der Waals surface area contributed by atoms with Crippen molar-refractivity contribution in [2.75, 3.05) is 33.9 Å². The number of nitrogens with zero attached hydrogens (tertiary/aromatic N) is 2. The molecule has 10 heteroatoms. The molecule has 2 aliphatic rings. The molecule has 0 aromatic carbocycles. The van der Waals surface area contributed by atoms with Gasteiger partial charge in [-0.25, -0.2) is 4.98 Å². The SMILES string of the molecule is CC.COCC12CCCN1CCC2.COc1ccc(S(F)(F)(F)(F)F)cn1. The van der Waals surface area contributed by atoms with Crippen molar-refractivity contribution in [3.8, 4) is 5.88 Å². The first-order chi connectivity index (χ1) is 12.4. The maximum absolute atomic E-state index is 12.1. The molecule has 0 bridgehead atoms. The number of halogens is 5. The van der Waals surface area contributed by atoms with Crippen molar-refractivity contribution >= 4 is 10.2 Å². The molecule has 4 nitrogen and oxygen atoms in total. The summed E-state index contributed by atoms with van der Waals surface area (Å²) in [5, 5.41) is 0. The van der Waals surface area contributed by atoms with E-state index in [0.717, 1.165) is 12.7 Å². The first-order valence-corrected chi connectivity index (χ1v) is 10.8. The Morgan fingerprint density at radius 3 is 1.96 bits per heavy atom. The van der Waals surface area contributed by atoms with Gasteiger partial charge in [0.25, 0.3) is 0 Å². The maximum Gasteiger partial charge on any atom is 0.311 e. The lowest BCUT2D eigenvalue weighted by Gasteiger charge is -2.40. The molecule has 0 N–H and O–H groups in total. The summed E-state index contributed by atoms with van der Waals surface area (Å²) in [4.78, 5) is 3.66. The Labute approximate surface area is 157 Å². The van der Waals surface area contributed by atoms with E-state index in [1.807, 2.05) is 21.0 Å². The second-order valence-electron chi connectivity index (χ2n) is 6.36. The standard InChI is InChI=1S/C9H17NO.C6H6F5NOS.C2H6/c1-11-8-9-4-2-6-10(9)7-3-5-9;1-13-6-3-2-5(4-12-6)14(7,8,9,10)11;1-2/h2-8H2,1H3;2-4H,1H3;1-2H3. The van der Waals surface area contributed by atoms with E-state index >= 15 is 0 Å². The van der Waals surface area contributed by atoms with Crippen LogP contribution in [-0.4, -0.2) is 49.3 Å². The first kappa shape index (κ1) is 23.9. The number of methoxy groups -OCH3 is 2. The normalized spacial score (nSPS) is 20.9. The van der Waals surface area contributed by atoms with Gasteiger partial charge in [-0.1, -0.05) is 33.3 Å². The third-order valence-corrected chi connectivity index (χ3v) is 5.72. The van der Waals surface area contributed by atoms with Gasteiger partial charge in [0, 0.05) is 18.7 Å². The highest BCUT2D eigenvalue weighted by molar-refractivity contribution is 8.45. The van der Waals surface area contributed by atoms with Gasteiger partial charge in [-0.2, -0.15) is 0 Å². The number of rotatable bonds is 4. The minimum atomic E-state index is -9.58. The Hall–Kier alpha value is -1.13. The Kier molecular flexibility index (Phi) is 7.16. The quantitative estimate of drug-likeness (QED) is 0.557. The van der Waals surface area contributed by atoms with Crippen LogP contribution in [0.1, 0.15) is 39.5 Å². The third kappa shape index (κ3) is 6.46. The topological polar surface area (TPSA) is 34.6 Å². The van der Waals surface area contributed by atoms with Crippen LogP contribution in [0.5, 0.6) is 5.88 Å². The van der Waals surface area contributed by atoms with E-state index in [2.05, 4.69) is 14.6 Å². The van der Waals surface area contributed by atoms with Crippen LogP contribution in [0.3, 0.4) is 0 Å². The highest BCUT2D eigenvalue weighted by Gasteiger charge is 2.65. The molecule has 0 radical (unpaired) electrons.